The number of carbonyl (C=O) groups excluding carboxylic acids is 3. The molecule has 2 saturated heterocycles. The molecule has 8 nitrogen and oxygen atoms in total. The summed E-state index contributed by atoms with van der Waals surface area (Å²) < 4.78 is 10.6. The number of carbonyl (C=O) groups is 3. The molecular formula is C23H25N3O5. The van der Waals surface area contributed by atoms with Gasteiger partial charge in [0.15, 0.2) is 0 Å². The number of anilines is 2. The molecular weight excluding hydrogens is 398 g/mol. The van der Waals surface area contributed by atoms with Crippen LogP contribution in [0.2, 0.25) is 0 Å². The van der Waals surface area contributed by atoms with Gasteiger partial charge >= 0.3 is 0 Å². The molecule has 0 aromatic heterocycles. The second kappa shape index (κ2) is 9.18. The number of methoxy groups -OCH3 is 1. The van der Waals surface area contributed by atoms with Crippen molar-refractivity contribution >= 4 is 29.1 Å². The summed E-state index contributed by atoms with van der Waals surface area (Å²) in [5.41, 5.74) is 1.70. The van der Waals surface area contributed by atoms with Crippen LogP contribution in [0, 0.1) is 5.92 Å². The van der Waals surface area contributed by atoms with Gasteiger partial charge in [-0.2, -0.15) is 0 Å². The first kappa shape index (κ1) is 20.9. The van der Waals surface area contributed by atoms with E-state index in [9.17, 15) is 14.4 Å². The molecule has 0 radical (unpaired) electrons. The molecule has 2 aromatic rings. The van der Waals surface area contributed by atoms with E-state index in [4.69, 9.17) is 9.47 Å². The Bertz CT molecular complexity index is 987. The van der Waals surface area contributed by atoms with Gasteiger partial charge in [0, 0.05) is 37.3 Å². The van der Waals surface area contributed by atoms with Gasteiger partial charge in [-0.05, 0) is 30.3 Å². The van der Waals surface area contributed by atoms with Crippen molar-refractivity contribution in [2.75, 3.05) is 50.2 Å². The number of rotatable bonds is 5. The van der Waals surface area contributed by atoms with Crippen molar-refractivity contribution in [3.63, 3.8) is 0 Å². The SMILES string of the molecule is COc1ccccc1N1CC(C(=O)Nc2cccc(C(=O)N3CCOCC3)c2)CC1=O. The third-order valence-electron chi connectivity index (χ3n) is 5.55. The third kappa shape index (κ3) is 4.54. The van der Waals surface area contributed by atoms with E-state index in [1.165, 1.54) is 0 Å². The highest BCUT2D eigenvalue weighted by Crippen LogP contribution is 2.33. The largest absolute Gasteiger partial charge is 0.495 e. The average Bonchev–Trinajstić information content (AvgIpc) is 3.21. The van der Waals surface area contributed by atoms with Crippen LogP contribution in [0.25, 0.3) is 0 Å². The topological polar surface area (TPSA) is 88.2 Å². The van der Waals surface area contributed by atoms with Gasteiger partial charge in [-0.25, -0.2) is 0 Å². The maximum Gasteiger partial charge on any atom is 0.254 e. The van der Waals surface area contributed by atoms with E-state index in [-0.39, 0.29) is 30.7 Å². The second-order valence-electron chi connectivity index (χ2n) is 7.55. The van der Waals surface area contributed by atoms with E-state index in [2.05, 4.69) is 5.32 Å². The van der Waals surface area contributed by atoms with Crippen LogP contribution in [0.1, 0.15) is 16.8 Å². The molecule has 0 spiro atoms. The summed E-state index contributed by atoms with van der Waals surface area (Å²) in [5, 5.41) is 2.86. The van der Waals surface area contributed by atoms with Crippen LogP contribution in [0.4, 0.5) is 11.4 Å². The lowest BCUT2D eigenvalue weighted by Gasteiger charge is -2.27. The highest BCUT2D eigenvalue weighted by molar-refractivity contribution is 6.04. The lowest BCUT2D eigenvalue weighted by Crippen LogP contribution is -2.40. The lowest BCUT2D eigenvalue weighted by molar-refractivity contribution is -0.122. The quantitative estimate of drug-likeness (QED) is 0.796. The van der Waals surface area contributed by atoms with Crippen LogP contribution in [0.15, 0.2) is 48.5 Å². The zero-order chi connectivity index (χ0) is 21.8. The summed E-state index contributed by atoms with van der Waals surface area (Å²) in [6.45, 7) is 2.44. The minimum Gasteiger partial charge on any atom is -0.495 e. The molecule has 0 bridgehead atoms. The smallest absolute Gasteiger partial charge is 0.254 e. The Morgan fingerprint density at radius 3 is 2.65 bits per heavy atom. The normalized spacial score (nSPS) is 18.7. The predicted molar refractivity (Wildman–Crippen MR) is 115 cm³/mol. The first-order valence-corrected chi connectivity index (χ1v) is 10.3. The highest BCUT2D eigenvalue weighted by Gasteiger charge is 2.36. The van der Waals surface area contributed by atoms with E-state index in [1.807, 2.05) is 12.1 Å². The van der Waals surface area contributed by atoms with Crippen LogP contribution in [0.3, 0.4) is 0 Å². The van der Waals surface area contributed by atoms with Crippen molar-refractivity contribution in [1.82, 2.24) is 4.90 Å². The van der Waals surface area contributed by atoms with Gasteiger partial charge in [-0.3, -0.25) is 14.4 Å². The number of hydrogen-bond donors (Lipinski definition) is 1. The molecule has 2 fully saturated rings. The van der Waals surface area contributed by atoms with Crippen molar-refractivity contribution in [3.8, 4) is 5.75 Å². The van der Waals surface area contributed by atoms with E-state index in [1.54, 1.807) is 53.3 Å². The molecule has 4 rings (SSSR count). The lowest BCUT2D eigenvalue weighted by atomic mass is 10.1. The number of morpholine rings is 1. The van der Waals surface area contributed by atoms with Gasteiger partial charge in [-0.15, -0.1) is 0 Å². The first-order valence-electron chi connectivity index (χ1n) is 10.3. The van der Waals surface area contributed by atoms with Gasteiger partial charge in [-0.1, -0.05) is 18.2 Å². The molecule has 1 N–H and O–H groups in total. The number of ether oxygens (including phenoxy) is 2. The minimum atomic E-state index is -0.490. The van der Waals surface area contributed by atoms with Crippen LogP contribution in [0.5, 0.6) is 5.75 Å². The van der Waals surface area contributed by atoms with Crippen molar-refractivity contribution < 1.29 is 23.9 Å². The summed E-state index contributed by atoms with van der Waals surface area (Å²) >= 11 is 0. The molecule has 2 aromatic carbocycles. The molecule has 1 unspecified atom stereocenters. The molecule has 2 heterocycles. The fraction of sp³-hybridized carbons (Fsp3) is 0.348. The zero-order valence-corrected chi connectivity index (χ0v) is 17.4. The molecule has 0 aliphatic carbocycles. The Kier molecular flexibility index (Phi) is 6.18. The molecule has 31 heavy (non-hydrogen) atoms. The van der Waals surface area contributed by atoms with Crippen LogP contribution < -0.4 is 15.0 Å². The maximum absolute atomic E-state index is 12.8. The van der Waals surface area contributed by atoms with E-state index < -0.39 is 5.92 Å². The second-order valence-corrected chi connectivity index (χ2v) is 7.55. The monoisotopic (exact) mass is 423 g/mol. The molecule has 162 valence electrons. The molecule has 3 amide bonds. The summed E-state index contributed by atoms with van der Waals surface area (Å²) in [4.78, 5) is 41.4. The molecule has 0 saturated carbocycles. The Morgan fingerprint density at radius 2 is 1.87 bits per heavy atom. The van der Waals surface area contributed by atoms with E-state index in [0.717, 1.165) is 0 Å². The van der Waals surface area contributed by atoms with Gasteiger partial charge in [0.05, 0.1) is 31.9 Å². The fourth-order valence-electron chi connectivity index (χ4n) is 3.89. The zero-order valence-electron chi connectivity index (χ0n) is 17.4. The standard InChI is InChI=1S/C23H25N3O5/c1-30-20-8-3-2-7-19(20)26-15-17(14-21(26)27)22(28)24-18-6-4-5-16(13-18)23(29)25-9-11-31-12-10-25/h2-8,13,17H,9-12,14-15H2,1H3,(H,24,28). The predicted octanol–water partition coefficient (Wildman–Crippen LogP) is 2.16. The van der Waals surface area contributed by atoms with Crippen LogP contribution in [-0.2, 0) is 14.3 Å². The van der Waals surface area contributed by atoms with Crippen molar-refractivity contribution in [2.45, 2.75) is 6.42 Å². The Hall–Kier alpha value is -3.39. The summed E-state index contributed by atoms with van der Waals surface area (Å²) in [6.07, 6.45) is 0.121. The number of benzene rings is 2. The Labute approximate surface area is 180 Å². The Morgan fingerprint density at radius 1 is 1.10 bits per heavy atom. The maximum atomic E-state index is 12.8. The van der Waals surface area contributed by atoms with E-state index in [0.29, 0.717) is 49.0 Å². The van der Waals surface area contributed by atoms with E-state index >= 15 is 0 Å². The average molecular weight is 423 g/mol. The first-order chi connectivity index (χ1) is 15.1. The molecule has 1 atom stereocenters. The van der Waals surface area contributed by atoms with Crippen molar-refractivity contribution in [2.24, 2.45) is 5.92 Å². The molecule has 2 aliphatic rings. The Balaban J connectivity index is 1.43. The minimum absolute atomic E-state index is 0.0854. The fourth-order valence-corrected chi connectivity index (χ4v) is 3.89. The van der Waals surface area contributed by atoms with Crippen LogP contribution >= 0.6 is 0 Å². The number of amides is 3. The van der Waals surface area contributed by atoms with Crippen LogP contribution in [-0.4, -0.2) is 62.6 Å². The number of hydrogen-bond acceptors (Lipinski definition) is 5. The van der Waals surface area contributed by atoms with Gasteiger partial charge in [0.2, 0.25) is 11.8 Å². The third-order valence-corrected chi connectivity index (χ3v) is 5.55. The summed E-state index contributed by atoms with van der Waals surface area (Å²) in [7, 11) is 1.55. The van der Waals surface area contributed by atoms with Gasteiger partial charge in [0.1, 0.15) is 5.75 Å². The number of nitrogens with one attached hydrogen (secondary N) is 1. The van der Waals surface area contributed by atoms with Crippen molar-refractivity contribution in [3.05, 3.63) is 54.1 Å². The number of para-hydroxylation sites is 2. The molecule has 2 aliphatic heterocycles. The molecule has 8 heteroatoms. The summed E-state index contributed by atoms with van der Waals surface area (Å²) in [5.74, 6) is -0.359. The van der Waals surface area contributed by atoms with Gasteiger partial charge in [0.25, 0.3) is 5.91 Å². The highest BCUT2D eigenvalue weighted by atomic mass is 16.5. The number of nitrogens with zero attached hydrogens (tertiary/aromatic N) is 2. The van der Waals surface area contributed by atoms with Gasteiger partial charge < -0.3 is 24.6 Å². The summed E-state index contributed by atoms with van der Waals surface area (Å²) in [6, 6.07) is 14.1. The van der Waals surface area contributed by atoms with Crippen molar-refractivity contribution in [1.29, 1.82) is 0 Å².